The molecule has 0 spiro atoms. The first-order valence-corrected chi connectivity index (χ1v) is 9.20. The van der Waals surface area contributed by atoms with Crippen molar-refractivity contribution in [3.8, 4) is 0 Å². The summed E-state index contributed by atoms with van der Waals surface area (Å²) in [6.45, 7) is 11.3. The monoisotopic (exact) mass is 348 g/mol. The van der Waals surface area contributed by atoms with Gasteiger partial charge in [-0.15, -0.1) is 0 Å². The number of amides is 3. The van der Waals surface area contributed by atoms with E-state index in [1.54, 1.807) is 4.90 Å². The number of quaternary nitrogens is 2. The van der Waals surface area contributed by atoms with Crippen LogP contribution in [0.3, 0.4) is 0 Å². The van der Waals surface area contributed by atoms with Crippen LogP contribution in [0.15, 0.2) is 24.3 Å². The van der Waals surface area contributed by atoms with Crippen molar-refractivity contribution >= 4 is 11.9 Å². The molecule has 1 atom stereocenters. The molecule has 1 aliphatic rings. The SMILES string of the molecule is CNC(=O)NC(=O)[C@@H](C)[NH+]1CC[NH+](Cc2ccc(C(C)C)cc2)CC1. The summed E-state index contributed by atoms with van der Waals surface area (Å²) in [5.74, 6) is 0.359. The van der Waals surface area contributed by atoms with Gasteiger partial charge in [-0.2, -0.15) is 0 Å². The van der Waals surface area contributed by atoms with Crippen molar-refractivity contribution in [3.05, 3.63) is 35.4 Å². The highest BCUT2D eigenvalue weighted by Gasteiger charge is 2.31. The van der Waals surface area contributed by atoms with Crippen molar-refractivity contribution in [2.24, 2.45) is 0 Å². The lowest BCUT2D eigenvalue weighted by molar-refractivity contribution is -1.02. The van der Waals surface area contributed by atoms with Crippen molar-refractivity contribution in [3.63, 3.8) is 0 Å². The van der Waals surface area contributed by atoms with Gasteiger partial charge in [0.2, 0.25) is 0 Å². The third kappa shape index (κ3) is 5.54. The number of nitrogens with one attached hydrogen (secondary N) is 4. The molecule has 4 N–H and O–H groups in total. The predicted molar refractivity (Wildman–Crippen MR) is 97.7 cm³/mol. The molecule has 1 saturated heterocycles. The van der Waals surface area contributed by atoms with E-state index in [0.717, 1.165) is 32.7 Å². The number of hydrogen-bond donors (Lipinski definition) is 4. The first-order chi connectivity index (χ1) is 11.9. The molecule has 1 aromatic carbocycles. The summed E-state index contributed by atoms with van der Waals surface area (Å²) in [7, 11) is 1.51. The smallest absolute Gasteiger partial charge is 0.321 e. The molecule has 0 bridgehead atoms. The zero-order valence-corrected chi connectivity index (χ0v) is 15.8. The Morgan fingerprint density at radius 1 is 1.04 bits per heavy atom. The van der Waals surface area contributed by atoms with Crippen LogP contribution in [0.2, 0.25) is 0 Å². The van der Waals surface area contributed by atoms with Crippen molar-refractivity contribution < 1.29 is 19.4 Å². The van der Waals surface area contributed by atoms with Gasteiger partial charge in [-0.3, -0.25) is 10.1 Å². The molecule has 2 rings (SSSR count). The number of piperazine rings is 1. The van der Waals surface area contributed by atoms with Gasteiger partial charge in [-0.1, -0.05) is 38.1 Å². The van der Waals surface area contributed by atoms with E-state index in [1.165, 1.54) is 23.1 Å². The van der Waals surface area contributed by atoms with Gasteiger partial charge in [0.25, 0.3) is 5.91 Å². The molecule has 3 amide bonds. The topological polar surface area (TPSA) is 67.1 Å². The van der Waals surface area contributed by atoms with Gasteiger partial charge in [0, 0.05) is 12.6 Å². The predicted octanol–water partition coefficient (Wildman–Crippen LogP) is -1.06. The van der Waals surface area contributed by atoms with Gasteiger partial charge >= 0.3 is 6.03 Å². The Morgan fingerprint density at radius 3 is 2.16 bits per heavy atom. The highest BCUT2D eigenvalue weighted by molar-refractivity contribution is 5.96. The number of hydrogen-bond acceptors (Lipinski definition) is 2. The van der Waals surface area contributed by atoms with E-state index >= 15 is 0 Å². The average Bonchev–Trinajstić information content (AvgIpc) is 2.62. The maximum absolute atomic E-state index is 12.1. The van der Waals surface area contributed by atoms with Crippen LogP contribution in [0.5, 0.6) is 0 Å². The van der Waals surface area contributed by atoms with Gasteiger partial charge in [0.15, 0.2) is 6.04 Å². The summed E-state index contributed by atoms with van der Waals surface area (Å²) in [6, 6.07) is 8.29. The van der Waals surface area contributed by atoms with Crippen LogP contribution in [-0.4, -0.2) is 51.2 Å². The summed E-state index contributed by atoms with van der Waals surface area (Å²) in [5.41, 5.74) is 2.75. The molecule has 1 aliphatic heterocycles. The Balaban J connectivity index is 1.80. The van der Waals surface area contributed by atoms with Gasteiger partial charge in [0.05, 0.1) is 0 Å². The normalized spacial score (nSPS) is 21.6. The number of benzene rings is 1. The van der Waals surface area contributed by atoms with Crippen LogP contribution in [0.25, 0.3) is 0 Å². The van der Waals surface area contributed by atoms with Crippen LogP contribution in [0.4, 0.5) is 4.79 Å². The van der Waals surface area contributed by atoms with E-state index in [0.29, 0.717) is 5.92 Å². The molecule has 0 aromatic heterocycles. The Hall–Kier alpha value is -1.92. The molecule has 0 saturated carbocycles. The first-order valence-electron chi connectivity index (χ1n) is 9.20. The number of carbonyl (C=O) groups excluding carboxylic acids is 2. The number of imide groups is 1. The molecule has 6 nitrogen and oxygen atoms in total. The average molecular weight is 348 g/mol. The van der Waals surface area contributed by atoms with E-state index in [2.05, 4.69) is 48.7 Å². The minimum Gasteiger partial charge on any atom is -0.341 e. The molecule has 0 radical (unpaired) electrons. The van der Waals surface area contributed by atoms with Crippen molar-refractivity contribution in [2.75, 3.05) is 33.2 Å². The van der Waals surface area contributed by atoms with Crippen LogP contribution in [0.1, 0.15) is 37.8 Å². The van der Waals surface area contributed by atoms with Crippen LogP contribution < -0.4 is 20.4 Å². The van der Waals surface area contributed by atoms with Gasteiger partial charge in [-0.05, 0) is 18.4 Å². The largest absolute Gasteiger partial charge is 0.341 e. The molecule has 0 unspecified atom stereocenters. The second-order valence-corrected chi connectivity index (χ2v) is 7.27. The summed E-state index contributed by atoms with van der Waals surface area (Å²) in [6.07, 6.45) is 0. The zero-order chi connectivity index (χ0) is 18.4. The summed E-state index contributed by atoms with van der Waals surface area (Å²) < 4.78 is 0. The van der Waals surface area contributed by atoms with Crippen LogP contribution >= 0.6 is 0 Å². The summed E-state index contributed by atoms with van der Waals surface area (Å²) in [4.78, 5) is 26.2. The second-order valence-electron chi connectivity index (χ2n) is 7.27. The van der Waals surface area contributed by atoms with E-state index in [4.69, 9.17) is 0 Å². The Kier molecular flexibility index (Phi) is 6.96. The minimum atomic E-state index is -0.439. The van der Waals surface area contributed by atoms with E-state index in [1.807, 2.05) is 6.92 Å². The molecular weight excluding hydrogens is 316 g/mol. The molecule has 1 fully saturated rings. The highest BCUT2D eigenvalue weighted by atomic mass is 16.2. The molecular formula is C19H32N4O2+2. The van der Waals surface area contributed by atoms with Crippen LogP contribution in [0, 0.1) is 0 Å². The first kappa shape index (κ1) is 19.4. The van der Waals surface area contributed by atoms with Crippen molar-refractivity contribution in [1.82, 2.24) is 10.6 Å². The van der Waals surface area contributed by atoms with E-state index < -0.39 is 6.03 Å². The van der Waals surface area contributed by atoms with Gasteiger partial charge in [-0.25, -0.2) is 4.79 Å². The second kappa shape index (κ2) is 8.97. The van der Waals surface area contributed by atoms with Crippen molar-refractivity contribution in [1.29, 1.82) is 0 Å². The maximum Gasteiger partial charge on any atom is 0.321 e. The van der Waals surface area contributed by atoms with Gasteiger partial charge < -0.3 is 15.1 Å². The number of carbonyl (C=O) groups is 2. The third-order valence-electron chi connectivity index (χ3n) is 5.17. The lowest BCUT2D eigenvalue weighted by Crippen LogP contribution is -3.29. The standard InChI is InChI=1S/C19H30N4O2/c1-14(2)17-7-5-16(6-8-17)13-22-9-11-23(12-10-22)15(3)18(24)21-19(25)20-4/h5-8,14-15H,9-13H2,1-4H3,(H2,20,21,24,25)/p+2/t15-/m1/s1. The van der Waals surface area contributed by atoms with E-state index in [9.17, 15) is 9.59 Å². The summed E-state index contributed by atoms with van der Waals surface area (Å²) >= 11 is 0. The molecule has 6 heteroatoms. The van der Waals surface area contributed by atoms with Gasteiger partial charge in [0.1, 0.15) is 32.7 Å². The zero-order valence-electron chi connectivity index (χ0n) is 15.8. The minimum absolute atomic E-state index is 0.204. The molecule has 1 heterocycles. The number of urea groups is 1. The highest BCUT2D eigenvalue weighted by Crippen LogP contribution is 2.14. The Morgan fingerprint density at radius 2 is 1.64 bits per heavy atom. The Bertz CT molecular complexity index is 578. The maximum atomic E-state index is 12.1. The van der Waals surface area contributed by atoms with Crippen LogP contribution in [-0.2, 0) is 11.3 Å². The molecule has 138 valence electrons. The fourth-order valence-electron chi connectivity index (χ4n) is 3.31. The Labute approximate surface area is 150 Å². The fraction of sp³-hybridized carbons (Fsp3) is 0.579. The third-order valence-corrected chi connectivity index (χ3v) is 5.17. The van der Waals surface area contributed by atoms with Crippen molar-refractivity contribution in [2.45, 2.75) is 39.3 Å². The lowest BCUT2D eigenvalue weighted by Gasteiger charge is -2.32. The summed E-state index contributed by atoms with van der Waals surface area (Å²) in [5, 5.41) is 4.79. The molecule has 25 heavy (non-hydrogen) atoms. The fourth-order valence-corrected chi connectivity index (χ4v) is 3.31. The molecule has 0 aliphatic carbocycles. The quantitative estimate of drug-likeness (QED) is 0.548. The molecule has 1 aromatic rings. The van der Waals surface area contributed by atoms with E-state index in [-0.39, 0.29) is 11.9 Å². The lowest BCUT2D eigenvalue weighted by atomic mass is 10.0. The number of rotatable bonds is 5.